The van der Waals surface area contributed by atoms with E-state index in [4.69, 9.17) is 0 Å². The van der Waals surface area contributed by atoms with E-state index in [1.54, 1.807) is 29.0 Å². The molecule has 0 atom stereocenters. The van der Waals surface area contributed by atoms with Gasteiger partial charge in [-0.1, -0.05) is 18.2 Å². The van der Waals surface area contributed by atoms with Gasteiger partial charge in [0.05, 0.1) is 17.8 Å². The largest absolute Gasteiger partial charge is 0.506 e. The van der Waals surface area contributed by atoms with Crippen molar-refractivity contribution in [3.05, 3.63) is 69.8 Å². The molecule has 126 valence electrons. The Balaban J connectivity index is 1.77. The van der Waals surface area contributed by atoms with Crippen LogP contribution < -0.4 is 10.9 Å². The molecule has 1 amide bonds. The highest BCUT2D eigenvalue weighted by Crippen LogP contribution is 2.31. The van der Waals surface area contributed by atoms with Crippen molar-refractivity contribution in [1.82, 2.24) is 14.9 Å². The molecule has 1 aliphatic heterocycles. The predicted octanol–water partition coefficient (Wildman–Crippen LogP) is 1.98. The first-order chi connectivity index (χ1) is 12.2. The number of aryl methyl sites for hydroxylation is 2. The Morgan fingerprint density at radius 1 is 1.24 bits per heavy atom. The number of nitrogens with one attached hydrogen (secondary N) is 1. The lowest BCUT2D eigenvalue weighted by Crippen LogP contribution is -2.34. The average Bonchev–Trinajstić information content (AvgIpc) is 2.65. The van der Waals surface area contributed by atoms with Crippen molar-refractivity contribution >= 4 is 16.8 Å². The Morgan fingerprint density at radius 2 is 2.12 bits per heavy atom. The minimum absolute atomic E-state index is 0.191. The van der Waals surface area contributed by atoms with Crippen molar-refractivity contribution < 1.29 is 9.90 Å². The molecule has 1 aliphatic rings. The number of hydrogen-bond acceptors (Lipinski definition) is 4. The Kier molecular flexibility index (Phi) is 3.72. The van der Waals surface area contributed by atoms with Crippen molar-refractivity contribution in [2.75, 3.05) is 0 Å². The first kappa shape index (κ1) is 15.4. The molecule has 6 nitrogen and oxygen atoms in total. The summed E-state index contributed by atoms with van der Waals surface area (Å²) < 4.78 is 1.60. The summed E-state index contributed by atoms with van der Waals surface area (Å²) in [6, 6.07) is 10.9. The highest BCUT2D eigenvalue weighted by Gasteiger charge is 2.24. The lowest BCUT2D eigenvalue weighted by molar-refractivity contribution is 0.0945. The zero-order chi connectivity index (χ0) is 17.4. The third kappa shape index (κ3) is 2.55. The van der Waals surface area contributed by atoms with Gasteiger partial charge in [-0.15, -0.1) is 0 Å². The molecule has 6 heteroatoms. The third-order valence-corrected chi connectivity index (χ3v) is 4.55. The number of rotatable bonds is 3. The maximum atomic E-state index is 12.8. The van der Waals surface area contributed by atoms with E-state index in [2.05, 4.69) is 10.3 Å². The number of amides is 1. The number of benzene rings is 1. The minimum Gasteiger partial charge on any atom is -0.506 e. The van der Waals surface area contributed by atoms with Crippen molar-refractivity contribution in [3.8, 4) is 5.75 Å². The zero-order valence-electron chi connectivity index (χ0n) is 13.5. The topological polar surface area (TPSA) is 84.2 Å². The molecule has 0 saturated heterocycles. The molecule has 1 aromatic carbocycles. The Hall–Kier alpha value is -3.15. The summed E-state index contributed by atoms with van der Waals surface area (Å²) in [6.07, 6.45) is 3.34. The van der Waals surface area contributed by atoms with Crippen molar-refractivity contribution in [1.29, 1.82) is 0 Å². The highest BCUT2D eigenvalue weighted by molar-refractivity contribution is 6.02. The van der Waals surface area contributed by atoms with Crippen LogP contribution in [0.15, 0.2) is 47.4 Å². The molecule has 2 aromatic heterocycles. The van der Waals surface area contributed by atoms with Crippen LogP contribution in [0.25, 0.3) is 10.9 Å². The lowest BCUT2D eigenvalue weighted by Gasteiger charge is -2.21. The number of pyridine rings is 2. The van der Waals surface area contributed by atoms with Crippen LogP contribution in [0.3, 0.4) is 0 Å². The van der Waals surface area contributed by atoms with Crippen molar-refractivity contribution in [2.45, 2.75) is 25.9 Å². The minimum atomic E-state index is -0.588. The summed E-state index contributed by atoms with van der Waals surface area (Å²) in [7, 11) is 0. The van der Waals surface area contributed by atoms with Gasteiger partial charge in [0.2, 0.25) is 0 Å². The zero-order valence-corrected chi connectivity index (χ0v) is 13.5. The second-order valence-electron chi connectivity index (χ2n) is 6.10. The van der Waals surface area contributed by atoms with Gasteiger partial charge in [0.1, 0.15) is 11.3 Å². The van der Waals surface area contributed by atoms with Crippen molar-refractivity contribution in [3.63, 3.8) is 0 Å². The van der Waals surface area contributed by atoms with Gasteiger partial charge in [-0.3, -0.25) is 14.6 Å². The third-order valence-electron chi connectivity index (χ3n) is 4.55. The smallest absolute Gasteiger partial charge is 0.267 e. The number of para-hydroxylation sites is 1. The molecule has 2 N–H and O–H groups in total. The normalized spacial score (nSPS) is 13.0. The Bertz CT molecular complexity index is 1030. The molecular weight excluding hydrogens is 318 g/mol. The molecule has 0 unspecified atom stereocenters. The summed E-state index contributed by atoms with van der Waals surface area (Å²) >= 11 is 0. The molecule has 0 fully saturated rings. The van der Waals surface area contributed by atoms with E-state index < -0.39 is 11.5 Å². The van der Waals surface area contributed by atoms with E-state index in [0.29, 0.717) is 17.6 Å². The molecular formula is C19H17N3O3. The van der Waals surface area contributed by atoms with Crippen LogP contribution in [-0.4, -0.2) is 20.6 Å². The van der Waals surface area contributed by atoms with Gasteiger partial charge in [-0.05, 0) is 36.6 Å². The Morgan fingerprint density at radius 3 is 2.92 bits per heavy atom. The van der Waals surface area contributed by atoms with Crippen LogP contribution in [0.4, 0.5) is 0 Å². The fourth-order valence-electron chi connectivity index (χ4n) is 3.38. The molecule has 0 bridgehead atoms. The van der Waals surface area contributed by atoms with E-state index in [-0.39, 0.29) is 17.9 Å². The van der Waals surface area contributed by atoms with Crippen LogP contribution in [0.1, 0.15) is 28.0 Å². The molecule has 3 aromatic rings. The van der Waals surface area contributed by atoms with E-state index in [1.807, 2.05) is 18.2 Å². The maximum Gasteiger partial charge on any atom is 0.267 e. The van der Waals surface area contributed by atoms with Gasteiger partial charge in [-0.25, -0.2) is 0 Å². The fourth-order valence-corrected chi connectivity index (χ4v) is 3.38. The summed E-state index contributed by atoms with van der Waals surface area (Å²) in [5, 5.41) is 13.8. The van der Waals surface area contributed by atoms with Crippen molar-refractivity contribution in [2.24, 2.45) is 0 Å². The van der Waals surface area contributed by atoms with Gasteiger partial charge in [0, 0.05) is 18.1 Å². The SMILES string of the molecule is O=C(NCc1ccccn1)c1c(O)c2cccc3c2n(c1=O)CCC3. The summed E-state index contributed by atoms with van der Waals surface area (Å²) in [5.41, 5.74) is 1.78. The first-order valence-electron chi connectivity index (χ1n) is 8.22. The first-order valence-corrected chi connectivity index (χ1v) is 8.22. The predicted molar refractivity (Wildman–Crippen MR) is 93.6 cm³/mol. The van der Waals surface area contributed by atoms with Crippen LogP contribution in [0.2, 0.25) is 0 Å². The summed E-state index contributed by atoms with van der Waals surface area (Å²) in [6.45, 7) is 0.740. The number of carbonyl (C=O) groups is 1. The molecule has 0 aliphatic carbocycles. The second-order valence-corrected chi connectivity index (χ2v) is 6.10. The second kappa shape index (κ2) is 6.05. The average molecular weight is 335 g/mol. The number of aromatic nitrogens is 2. The fraction of sp³-hybridized carbons (Fsp3) is 0.211. The monoisotopic (exact) mass is 335 g/mol. The van der Waals surface area contributed by atoms with E-state index in [0.717, 1.165) is 23.9 Å². The molecule has 4 rings (SSSR count). The molecule has 0 spiro atoms. The van der Waals surface area contributed by atoms with Crippen LogP contribution in [0, 0.1) is 0 Å². The number of aromatic hydroxyl groups is 1. The van der Waals surface area contributed by atoms with Gasteiger partial charge in [0.15, 0.2) is 0 Å². The van der Waals surface area contributed by atoms with Crippen LogP contribution in [-0.2, 0) is 19.5 Å². The quantitative estimate of drug-likeness (QED) is 0.766. The molecule has 25 heavy (non-hydrogen) atoms. The summed E-state index contributed by atoms with van der Waals surface area (Å²) in [4.78, 5) is 29.5. The van der Waals surface area contributed by atoms with Gasteiger partial charge < -0.3 is 15.0 Å². The van der Waals surface area contributed by atoms with E-state index in [9.17, 15) is 14.7 Å². The molecule has 3 heterocycles. The van der Waals surface area contributed by atoms with E-state index >= 15 is 0 Å². The Labute approximate surface area is 143 Å². The van der Waals surface area contributed by atoms with Gasteiger partial charge in [-0.2, -0.15) is 0 Å². The highest BCUT2D eigenvalue weighted by atomic mass is 16.3. The van der Waals surface area contributed by atoms with Crippen LogP contribution >= 0.6 is 0 Å². The number of hydrogen-bond donors (Lipinski definition) is 2. The van der Waals surface area contributed by atoms with E-state index in [1.165, 1.54) is 0 Å². The van der Waals surface area contributed by atoms with Gasteiger partial charge >= 0.3 is 0 Å². The van der Waals surface area contributed by atoms with Gasteiger partial charge in [0.25, 0.3) is 11.5 Å². The number of carbonyl (C=O) groups excluding carboxylic acids is 1. The number of nitrogens with zero attached hydrogens (tertiary/aromatic N) is 2. The summed E-state index contributed by atoms with van der Waals surface area (Å²) in [5.74, 6) is -0.840. The standard InChI is InChI=1S/C19H17N3O3/c23-17-14-8-3-5-12-6-4-10-22(16(12)14)19(25)15(17)18(24)21-11-13-7-1-2-9-20-13/h1-3,5,7-9,23H,4,6,10-11H2,(H,21,24). The lowest BCUT2D eigenvalue weighted by atomic mass is 9.99. The maximum absolute atomic E-state index is 12.8. The molecule has 0 radical (unpaired) electrons. The molecule has 0 saturated carbocycles. The van der Waals surface area contributed by atoms with Crippen LogP contribution in [0.5, 0.6) is 5.75 Å².